The van der Waals surface area contributed by atoms with Gasteiger partial charge < -0.3 is 1.43 Å². The van der Waals surface area contributed by atoms with E-state index in [0.29, 0.717) is 11.1 Å². The van der Waals surface area contributed by atoms with Crippen LogP contribution in [0.15, 0.2) is 60.7 Å². The fourth-order valence-electron chi connectivity index (χ4n) is 1.44. The van der Waals surface area contributed by atoms with Crippen molar-refractivity contribution in [3.8, 4) is 0 Å². The maximum Gasteiger partial charge on any atom is 1.00 e. The standard InChI is InChI=1S/C14H10O2.Na.H/c15-13(11-7-3-1-4-8-11)14(16)12-9-5-2-6-10-12;;/h1-10H;;/q;+1;-1. The van der Waals surface area contributed by atoms with Gasteiger partial charge in [-0.3, -0.25) is 9.59 Å². The van der Waals surface area contributed by atoms with Crippen LogP contribution in [0.1, 0.15) is 22.1 Å². The largest absolute Gasteiger partial charge is 1.00 e. The van der Waals surface area contributed by atoms with Gasteiger partial charge in [0.25, 0.3) is 0 Å². The molecule has 2 rings (SSSR count). The second-order valence-electron chi connectivity index (χ2n) is 3.39. The number of ketones is 2. The van der Waals surface area contributed by atoms with Crippen molar-refractivity contribution in [3.05, 3.63) is 71.8 Å². The zero-order chi connectivity index (χ0) is 11.4. The number of hydrogen-bond acceptors (Lipinski definition) is 2. The summed E-state index contributed by atoms with van der Waals surface area (Å²) in [6.07, 6.45) is 0. The smallest absolute Gasteiger partial charge is 1.00 e. The van der Waals surface area contributed by atoms with Crippen molar-refractivity contribution in [2.75, 3.05) is 0 Å². The number of rotatable bonds is 3. The summed E-state index contributed by atoms with van der Waals surface area (Å²) < 4.78 is 0. The van der Waals surface area contributed by atoms with Crippen molar-refractivity contribution < 1.29 is 40.6 Å². The Bertz CT molecular complexity index is 462. The van der Waals surface area contributed by atoms with Gasteiger partial charge in [-0.15, -0.1) is 0 Å². The normalized spacial score (nSPS) is 9.18. The molecule has 0 atom stereocenters. The Labute approximate surface area is 123 Å². The van der Waals surface area contributed by atoms with E-state index in [9.17, 15) is 9.59 Å². The van der Waals surface area contributed by atoms with Crippen LogP contribution in [-0.2, 0) is 0 Å². The van der Waals surface area contributed by atoms with E-state index in [1.807, 2.05) is 12.1 Å². The second kappa shape index (κ2) is 6.50. The summed E-state index contributed by atoms with van der Waals surface area (Å²) >= 11 is 0. The van der Waals surface area contributed by atoms with Gasteiger partial charge in [0.05, 0.1) is 0 Å². The summed E-state index contributed by atoms with van der Waals surface area (Å²) in [4.78, 5) is 23.6. The van der Waals surface area contributed by atoms with Crippen LogP contribution in [0.2, 0.25) is 0 Å². The van der Waals surface area contributed by atoms with E-state index in [0.717, 1.165) is 0 Å². The van der Waals surface area contributed by atoms with Gasteiger partial charge in [0.2, 0.25) is 11.6 Å². The molecule has 0 amide bonds. The van der Waals surface area contributed by atoms with E-state index < -0.39 is 11.6 Å². The Morgan fingerprint density at radius 3 is 1.24 bits per heavy atom. The van der Waals surface area contributed by atoms with E-state index in [2.05, 4.69) is 0 Å². The number of carbonyl (C=O) groups is 2. The van der Waals surface area contributed by atoms with Crippen molar-refractivity contribution in [2.24, 2.45) is 0 Å². The predicted molar refractivity (Wildman–Crippen MR) is 62.7 cm³/mol. The Hall–Kier alpha value is -1.22. The summed E-state index contributed by atoms with van der Waals surface area (Å²) in [6.45, 7) is 0. The van der Waals surface area contributed by atoms with Gasteiger partial charge in [-0.2, -0.15) is 0 Å². The fourth-order valence-corrected chi connectivity index (χ4v) is 1.44. The van der Waals surface area contributed by atoms with Gasteiger partial charge in [-0.1, -0.05) is 60.7 Å². The van der Waals surface area contributed by atoms with Gasteiger partial charge in [0.1, 0.15) is 0 Å². The molecule has 2 nitrogen and oxygen atoms in total. The van der Waals surface area contributed by atoms with Crippen molar-refractivity contribution >= 4 is 11.6 Å². The van der Waals surface area contributed by atoms with Crippen molar-refractivity contribution in [3.63, 3.8) is 0 Å². The average Bonchev–Trinajstić information content (AvgIpc) is 2.39. The molecule has 0 saturated heterocycles. The van der Waals surface area contributed by atoms with Crippen molar-refractivity contribution in [1.82, 2.24) is 0 Å². The van der Waals surface area contributed by atoms with Gasteiger partial charge in [0.15, 0.2) is 0 Å². The van der Waals surface area contributed by atoms with E-state index in [-0.39, 0.29) is 31.0 Å². The van der Waals surface area contributed by atoms with Crippen LogP contribution in [-0.4, -0.2) is 11.6 Å². The number of hydrogen-bond donors (Lipinski definition) is 0. The Morgan fingerprint density at radius 1 is 0.647 bits per heavy atom. The summed E-state index contributed by atoms with van der Waals surface area (Å²) in [7, 11) is 0. The third-order valence-electron chi connectivity index (χ3n) is 2.28. The van der Waals surface area contributed by atoms with E-state index in [1.165, 1.54) is 0 Å². The SMILES string of the molecule is O=C(C(=O)c1ccccc1)c1ccccc1.[H-].[Na+]. The Morgan fingerprint density at radius 2 is 0.941 bits per heavy atom. The molecule has 0 bridgehead atoms. The zero-order valence-electron chi connectivity index (χ0n) is 10.6. The molecule has 0 aliphatic heterocycles. The van der Waals surface area contributed by atoms with E-state index in [4.69, 9.17) is 0 Å². The first kappa shape index (κ1) is 13.8. The molecule has 17 heavy (non-hydrogen) atoms. The minimum atomic E-state index is -0.466. The van der Waals surface area contributed by atoms with Gasteiger partial charge in [-0.05, 0) is 0 Å². The summed E-state index contributed by atoms with van der Waals surface area (Å²) in [6, 6.07) is 17.2. The molecular weight excluding hydrogens is 223 g/mol. The molecule has 80 valence electrons. The van der Waals surface area contributed by atoms with Crippen LogP contribution in [0, 0.1) is 0 Å². The van der Waals surface area contributed by atoms with Crippen molar-refractivity contribution in [2.45, 2.75) is 0 Å². The van der Waals surface area contributed by atoms with Crippen LogP contribution >= 0.6 is 0 Å². The van der Waals surface area contributed by atoms with Crippen molar-refractivity contribution in [1.29, 1.82) is 0 Å². The molecule has 0 N–H and O–H groups in total. The molecule has 0 fully saturated rings. The molecule has 2 aromatic rings. The van der Waals surface area contributed by atoms with Crippen LogP contribution in [0.25, 0.3) is 0 Å². The number of benzene rings is 2. The zero-order valence-corrected chi connectivity index (χ0v) is 11.6. The molecule has 0 aliphatic rings. The van der Waals surface area contributed by atoms with Crippen LogP contribution < -0.4 is 29.6 Å². The summed E-state index contributed by atoms with van der Waals surface area (Å²) in [5.74, 6) is -0.932. The van der Waals surface area contributed by atoms with E-state index >= 15 is 0 Å². The van der Waals surface area contributed by atoms with Crippen LogP contribution in [0.3, 0.4) is 0 Å². The number of carbonyl (C=O) groups excluding carboxylic acids is 2. The molecule has 0 aromatic heterocycles. The Kier molecular flexibility index (Phi) is 5.29. The van der Waals surface area contributed by atoms with E-state index in [1.54, 1.807) is 48.5 Å². The number of Topliss-reactive ketones (excluding diaryl/α,β-unsaturated/α-hetero) is 2. The molecule has 2 aromatic carbocycles. The molecule has 0 spiro atoms. The third-order valence-corrected chi connectivity index (χ3v) is 2.28. The minimum Gasteiger partial charge on any atom is -1.00 e. The van der Waals surface area contributed by atoms with Crippen LogP contribution in [0.4, 0.5) is 0 Å². The first-order valence-corrected chi connectivity index (χ1v) is 4.98. The molecule has 3 heteroatoms. The molecular formula is C14H11NaO2. The third kappa shape index (κ3) is 3.37. The first-order chi connectivity index (χ1) is 7.79. The molecule has 0 saturated carbocycles. The molecule has 0 heterocycles. The monoisotopic (exact) mass is 234 g/mol. The molecule has 0 aliphatic carbocycles. The van der Waals surface area contributed by atoms with Gasteiger partial charge >= 0.3 is 29.6 Å². The Balaban J connectivity index is 0.00000144. The maximum atomic E-state index is 11.8. The average molecular weight is 234 g/mol. The summed E-state index contributed by atoms with van der Waals surface area (Å²) in [5.41, 5.74) is 0.854. The quantitative estimate of drug-likeness (QED) is 0.421. The molecule has 0 radical (unpaired) electrons. The first-order valence-electron chi connectivity index (χ1n) is 4.98. The summed E-state index contributed by atoms with van der Waals surface area (Å²) in [5, 5.41) is 0. The topological polar surface area (TPSA) is 34.1 Å². The van der Waals surface area contributed by atoms with Crippen LogP contribution in [0.5, 0.6) is 0 Å². The maximum absolute atomic E-state index is 11.8. The van der Waals surface area contributed by atoms with Gasteiger partial charge in [-0.25, -0.2) is 0 Å². The predicted octanol–water partition coefficient (Wildman–Crippen LogP) is -0.131. The minimum absolute atomic E-state index is 0. The fraction of sp³-hybridized carbons (Fsp3) is 0. The van der Waals surface area contributed by atoms with Gasteiger partial charge in [0, 0.05) is 11.1 Å². The second-order valence-corrected chi connectivity index (χ2v) is 3.39. The molecule has 0 unspecified atom stereocenters.